The second kappa shape index (κ2) is 52.9. The fraction of sp³-hybridized carbons (Fsp3) is 0.964. The van der Waals surface area contributed by atoms with Crippen LogP contribution in [0.3, 0.4) is 0 Å². The van der Waals surface area contributed by atoms with Crippen molar-refractivity contribution in [3.05, 3.63) is 0 Å². The van der Waals surface area contributed by atoms with Crippen LogP contribution in [0.1, 0.15) is 271 Å². The zero-order valence-corrected chi connectivity index (χ0v) is 45.3. The third-order valence-electron chi connectivity index (χ3n) is 13.9. The standard InChI is InChI=1S/2C28H57N2O.H2O4S/c2*1-2-3-4-5-6-7-8-9-10-11-12-13-14-15-16-17-22-29-23-19-25-30-24-18-20-28(27-30)21-26-31;1-5(2,3)4/h2*27-29,31H,2-26H2,1H3;(H2,1,2,3,4)/q2*+1;/p-2. The lowest BCUT2D eigenvalue weighted by Crippen LogP contribution is -2.28. The molecule has 67 heavy (non-hydrogen) atoms. The van der Waals surface area contributed by atoms with Crippen molar-refractivity contribution in [3.63, 3.8) is 0 Å². The monoisotopic (exact) mass is 971 g/mol. The van der Waals surface area contributed by atoms with Gasteiger partial charge in [-0.3, -0.25) is 8.42 Å². The Hall–Kier alpha value is -0.950. The van der Waals surface area contributed by atoms with E-state index in [1.807, 2.05) is 0 Å². The lowest BCUT2D eigenvalue weighted by molar-refractivity contribution is -0.530. The van der Waals surface area contributed by atoms with Crippen LogP contribution < -0.4 is 10.6 Å². The Morgan fingerprint density at radius 3 is 0.925 bits per heavy atom. The molecule has 2 aliphatic rings. The van der Waals surface area contributed by atoms with Gasteiger partial charge in [0.1, 0.15) is 38.6 Å². The summed E-state index contributed by atoms with van der Waals surface area (Å²) in [4.78, 5) is 0. The molecule has 0 aromatic heterocycles. The van der Waals surface area contributed by atoms with E-state index in [4.69, 9.17) is 27.7 Å². The second-order valence-electron chi connectivity index (χ2n) is 20.4. The van der Waals surface area contributed by atoms with E-state index in [1.165, 1.54) is 283 Å². The first-order valence-corrected chi connectivity index (χ1v) is 30.5. The van der Waals surface area contributed by atoms with Crippen LogP contribution in [0.2, 0.25) is 0 Å². The van der Waals surface area contributed by atoms with Gasteiger partial charge in [-0.05, 0) is 51.6 Å². The first-order chi connectivity index (χ1) is 32.7. The largest absolute Gasteiger partial charge is 0.759 e. The highest BCUT2D eigenvalue weighted by Gasteiger charge is 2.19. The van der Waals surface area contributed by atoms with Gasteiger partial charge in [-0.15, -0.1) is 0 Å². The molecule has 0 bridgehead atoms. The minimum atomic E-state index is -5.17. The van der Waals surface area contributed by atoms with E-state index < -0.39 is 10.4 Å². The van der Waals surface area contributed by atoms with Crippen LogP contribution in [0.5, 0.6) is 0 Å². The fourth-order valence-corrected chi connectivity index (χ4v) is 9.81. The third kappa shape index (κ3) is 54.2. The van der Waals surface area contributed by atoms with Gasteiger partial charge in [-0.2, -0.15) is 0 Å². The lowest BCUT2D eigenvalue weighted by Gasteiger charge is -2.16. The van der Waals surface area contributed by atoms with Gasteiger partial charge < -0.3 is 30.0 Å². The van der Waals surface area contributed by atoms with Crippen LogP contribution in [0.25, 0.3) is 0 Å². The maximum Gasteiger partial charge on any atom is 0.143 e. The highest BCUT2D eigenvalue weighted by atomic mass is 32.3. The van der Waals surface area contributed by atoms with Gasteiger partial charge in [0.2, 0.25) is 0 Å². The van der Waals surface area contributed by atoms with Crippen LogP contribution in [0.15, 0.2) is 0 Å². The van der Waals surface area contributed by atoms with Gasteiger partial charge in [0, 0.05) is 74.2 Å². The van der Waals surface area contributed by atoms with Gasteiger partial charge in [0.05, 0.1) is 0 Å². The average Bonchev–Trinajstić information content (AvgIpc) is 3.30. The normalized spacial score (nSPS) is 16.2. The van der Waals surface area contributed by atoms with Crippen molar-refractivity contribution in [2.75, 3.05) is 65.6 Å². The lowest BCUT2D eigenvalue weighted by atomic mass is 9.98. The Kier molecular flexibility index (Phi) is 52.1. The zero-order chi connectivity index (χ0) is 49.0. The smallest absolute Gasteiger partial charge is 0.143 e. The van der Waals surface area contributed by atoms with E-state index in [2.05, 4.69) is 46.1 Å². The average molecular weight is 972 g/mol. The summed E-state index contributed by atoms with van der Waals surface area (Å²) < 4.78 is 39.1. The molecule has 0 spiro atoms. The van der Waals surface area contributed by atoms with Crippen LogP contribution in [0, 0.1) is 11.8 Å². The van der Waals surface area contributed by atoms with E-state index in [0.29, 0.717) is 25.0 Å². The minimum Gasteiger partial charge on any atom is -0.759 e. The van der Waals surface area contributed by atoms with Gasteiger partial charge in [0.25, 0.3) is 0 Å². The molecular formula is C56H114N4O6S. The molecule has 11 heteroatoms. The highest BCUT2D eigenvalue weighted by molar-refractivity contribution is 7.79. The molecule has 2 rings (SSSR count). The van der Waals surface area contributed by atoms with Gasteiger partial charge in [0.15, 0.2) is 0 Å². The molecular weight excluding hydrogens is 857 g/mol. The van der Waals surface area contributed by atoms with Crippen molar-refractivity contribution in [2.45, 2.75) is 271 Å². The third-order valence-corrected chi connectivity index (χ3v) is 13.9. The second-order valence-corrected chi connectivity index (χ2v) is 21.2. The molecule has 2 heterocycles. The van der Waals surface area contributed by atoms with Crippen molar-refractivity contribution in [1.82, 2.24) is 10.6 Å². The van der Waals surface area contributed by atoms with Crippen molar-refractivity contribution in [1.29, 1.82) is 0 Å². The molecule has 2 aliphatic heterocycles. The molecule has 0 aromatic rings. The Morgan fingerprint density at radius 2 is 0.672 bits per heavy atom. The molecule has 0 radical (unpaired) electrons. The number of nitrogens with one attached hydrogen (secondary N) is 2. The predicted molar refractivity (Wildman–Crippen MR) is 286 cm³/mol. The Bertz CT molecular complexity index is 1090. The number of nitrogens with zero attached hydrogens (tertiary/aromatic N) is 2. The Balaban J connectivity index is 0.00000118. The topological polar surface area (TPSA) is 151 Å². The molecule has 0 aromatic carbocycles. The van der Waals surface area contributed by atoms with E-state index in [0.717, 1.165) is 25.9 Å². The molecule has 0 aliphatic carbocycles. The summed E-state index contributed by atoms with van der Waals surface area (Å²) in [5.74, 6) is 1.22. The molecule has 4 N–H and O–H groups in total. The zero-order valence-electron chi connectivity index (χ0n) is 44.5. The summed E-state index contributed by atoms with van der Waals surface area (Å²) in [6.45, 7) is 14.7. The summed E-state index contributed by atoms with van der Waals surface area (Å²) in [5, 5.41) is 25.5. The Morgan fingerprint density at radius 1 is 0.433 bits per heavy atom. The summed E-state index contributed by atoms with van der Waals surface area (Å²) in [5.41, 5.74) is 0. The summed E-state index contributed by atoms with van der Waals surface area (Å²) in [7, 11) is -5.17. The number of hydrogen-bond acceptors (Lipinski definition) is 8. The predicted octanol–water partition coefficient (Wildman–Crippen LogP) is 12.9. The van der Waals surface area contributed by atoms with Crippen LogP contribution in [-0.2, 0) is 10.4 Å². The van der Waals surface area contributed by atoms with Gasteiger partial charge in [-0.25, -0.2) is 9.15 Å². The minimum absolute atomic E-state index is 0.329. The van der Waals surface area contributed by atoms with E-state index in [9.17, 15) is 0 Å². The van der Waals surface area contributed by atoms with E-state index >= 15 is 0 Å². The summed E-state index contributed by atoms with van der Waals surface area (Å²) in [6.07, 6.45) is 60.3. The van der Waals surface area contributed by atoms with Crippen LogP contribution >= 0.6 is 0 Å². The van der Waals surface area contributed by atoms with Crippen LogP contribution in [0.4, 0.5) is 0 Å². The molecule has 10 nitrogen and oxygen atoms in total. The maximum atomic E-state index is 9.11. The number of aliphatic hydroxyl groups is 2. The summed E-state index contributed by atoms with van der Waals surface area (Å²) in [6, 6.07) is 0. The SMILES string of the molecule is CCCCCCCCCCCCCCCCCCNCCC[N+]1=CC(CCO)CCC1.CCCCCCCCCCCCCCCCCCNCCC[N+]1=CC(CCO)CCC1.O=S(=O)([O-])[O-]. The molecule has 0 amide bonds. The molecule has 2 unspecified atom stereocenters. The molecule has 2 atom stereocenters. The first-order valence-electron chi connectivity index (χ1n) is 29.2. The highest BCUT2D eigenvalue weighted by Crippen LogP contribution is 2.17. The van der Waals surface area contributed by atoms with E-state index in [-0.39, 0.29) is 0 Å². The quantitative estimate of drug-likeness (QED) is 0.0204. The van der Waals surface area contributed by atoms with Crippen molar-refractivity contribution in [2.24, 2.45) is 11.8 Å². The van der Waals surface area contributed by atoms with Crippen LogP contribution in [-0.4, -0.2) is 115 Å². The first kappa shape index (κ1) is 66.0. The van der Waals surface area contributed by atoms with Crippen molar-refractivity contribution >= 4 is 22.8 Å². The summed E-state index contributed by atoms with van der Waals surface area (Å²) >= 11 is 0. The molecule has 400 valence electrons. The maximum absolute atomic E-state index is 9.11. The number of unbranched alkanes of at least 4 members (excludes halogenated alkanes) is 30. The molecule has 0 saturated carbocycles. The van der Waals surface area contributed by atoms with E-state index in [1.54, 1.807) is 0 Å². The van der Waals surface area contributed by atoms with Crippen molar-refractivity contribution in [3.8, 4) is 0 Å². The van der Waals surface area contributed by atoms with Crippen molar-refractivity contribution < 1.29 is 36.9 Å². The van der Waals surface area contributed by atoms with Gasteiger partial charge in [-0.1, -0.05) is 206 Å². The van der Waals surface area contributed by atoms with Gasteiger partial charge >= 0.3 is 0 Å². The fourth-order valence-electron chi connectivity index (χ4n) is 9.81. The number of rotatable bonds is 46. The Labute approximate surface area is 416 Å². The molecule has 0 fully saturated rings. The number of aliphatic hydroxyl groups excluding tert-OH is 2. The molecule has 0 saturated heterocycles. The number of hydrogen-bond donors (Lipinski definition) is 4.